The van der Waals surface area contributed by atoms with Crippen LogP contribution in [0.3, 0.4) is 0 Å². The monoisotopic (exact) mass is 339 g/mol. The first-order valence-corrected chi connectivity index (χ1v) is 6.78. The number of nitrogens with one attached hydrogen (secondary N) is 1. The van der Waals surface area contributed by atoms with E-state index in [0.29, 0.717) is 6.07 Å². The van der Waals surface area contributed by atoms with E-state index in [1.165, 1.54) is 18.5 Å². The maximum absolute atomic E-state index is 12.5. The molecule has 2 aromatic heterocycles. The maximum atomic E-state index is 12.5. The van der Waals surface area contributed by atoms with Crippen molar-refractivity contribution in [2.24, 2.45) is 0 Å². The summed E-state index contributed by atoms with van der Waals surface area (Å²) in [6, 6.07) is 3.08. The molecule has 0 fully saturated rings. The molecule has 0 aromatic carbocycles. The maximum Gasteiger partial charge on any atom is 0.433 e. The summed E-state index contributed by atoms with van der Waals surface area (Å²) in [5, 5.41) is 2.42. The number of pyridine rings is 2. The minimum absolute atomic E-state index is 0.0348. The van der Waals surface area contributed by atoms with Crippen LogP contribution in [0.15, 0.2) is 36.8 Å². The molecule has 0 aliphatic heterocycles. The van der Waals surface area contributed by atoms with Crippen molar-refractivity contribution < 1.29 is 27.5 Å². The van der Waals surface area contributed by atoms with E-state index >= 15 is 0 Å². The SMILES string of the molecule is CCOC(=O)c1cnccc1NC(=O)c1ccc(C(F)(F)F)nc1. The van der Waals surface area contributed by atoms with Crippen molar-refractivity contribution in [3.8, 4) is 0 Å². The van der Waals surface area contributed by atoms with Gasteiger partial charge in [-0.05, 0) is 25.1 Å². The van der Waals surface area contributed by atoms with Crippen molar-refractivity contribution in [1.29, 1.82) is 0 Å². The Kier molecular flexibility index (Phi) is 5.12. The number of nitrogens with zero attached hydrogens (tertiary/aromatic N) is 2. The van der Waals surface area contributed by atoms with Gasteiger partial charge >= 0.3 is 12.1 Å². The van der Waals surface area contributed by atoms with E-state index in [9.17, 15) is 22.8 Å². The average Bonchev–Trinajstić information content (AvgIpc) is 2.55. The standard InChI is InChI=1S/C15H12F3N3O3/c1-2-24-14(23)10-8-19-6-5-11(10)21-13(22)9-3-4-12(20-7-9)15(16,17)18/h3-8H,2H2,1H3,(H,19,21,22). The topological polar surface area (TPSA) is 81.2 Å². The van der Waals surface area contributed by atoms with Crippen molar-refractivity contribution in [1.82, 2.24) is 9.97 Å². The Morgan fingerprint density at radius 2 is 1.96 bits per heavy atom. The van der Waals surface area contributed by atoms with Gasteiger partial charge in [0.15, 0.2) is 0 Å². The first kappa shape index (κ1) is 17.4. The molecule has 0 saturated carbocycles. The van der Waals surface area contributed by atoms with Gasteiger partial charge < -0.3 is 10.1 Å². The van der Waals surface area contributed by atoms with Crippen LogP contribution >= 0.6 is 0 Å². The summed E-state index contributed by atoms with van der Waals surface area (Å²) in [5.74, 6) is -1.39. The van der Waals surface area contributed by atoms with Gasteiger partial charge in [-0.15, -0.1) is 0 Å². The fourth-order valence-electron chi connectivity index (χ4n) is 1.77. The van der Waals surface area contributed by atoms with Gasteiger partial charge in [-0.25, -0.2) is 4.79 Å². The Balaban J connectivity index is 2.20. The summed E-state index contributed by atoms with van der Waals surface area (Å²) < 4.78 is 42.2. The van der Waals surface area contributed by atoms with Crippen molar-refractivity contribution in [2.45, 2.75) is 13.1 Å². The van der Waals surface area contributed by atoms with E-state index in [1.807, 2.05) is 0 Å². The first-order valence-electron chi connectivity index (χ1n) is 6.78. The van der Waals surface area contributed by atoms with Gasteiger partial charge in [0.1, 0.15) is 11.3 Å². The quantitative estimate of drug-likeness (QED) is 0.866. The van der Waals surface area contributed by atoms with Crippen LogP contribution in [-0.2, 0) is 10.9 Å². The van der Waals surface area contributed by atoms with Crippen molar-refractivity contribution in [3.05, 3.63) is 53.6 Å². The summed E-state index contributed by atoms with van der Waals surface area (Å²) in [6.45, 7) is 1.77. The van der Waals surface area contributed by atoms with Gasteiger partial charge in [0.2, 0.25) is 0 Å². The molecule has 2 aromatic rings. The third-order valence-electron chi connectivity index (χ3n) is 2.88. The Bertz CT molecular complexity index is 746. The Morgan fingerprint density at radius 3 is 2.54 bits per heavy atom. The zero-order valence-corrected chi connectivity index (χ0v) is 12.4. The predicted molar refractivity (Wildman–Crippen MR) is 77.4 cm³/mol. The van der Waals surface area contributed by atoms with Crippen LogP contribution in [0.1, 0.15) is 33.3 Å². The Labute approximate surface area is 134 Å². The summed E-state index contributed by atoms with van der Waals surface area (Å²) >= 11 is 0. The third-order valence-corrected chi connectivity index (χ3v) is 2.88. The lowest BCUT2D eigenvalue weighted by atomic mass is 10.2. The molecule has 0 radical (unpaired) electrons. The minimum atomic E-state index is -4.59. The van der Waals surface area contributed by atoms with E-state index < -0.39 is 23.7 Å². The fraction of sp³-hybridized carbons (Fsp3) is 0.200. The first-order chi connectivity index (χ1) is 11.3. The number of esters is 1. The van der Waals surface area contributed by atoms with Crippen LogP contribution in [-0.4, -0.2) is 28.5 Å². The van der Waals surface area contributed by atoms with Gasteiger partial charge in [0.25, 0.3) is 5.91 Å². The largest absolute Gasteiger partial charge is 0.462 e. The number of alkyl halides is 3. The minimum Gasteiger partial charge on any atom is -0.462 e. The molecule has 126 valence electrons. The molecule has 0 unspecified atom stereocenters. The molecule has 0 saturated heterocycles. The van der Waals surface area contributed by atoms with Crippen LogP contribution < -0.4 is 5.32 Å². The average molecular weight is 339 g/mol. The lowest BCUT2D eigenvalue weighted by Crippen LogP contribution is -2.17. The molecular formula is C15H12F3N3O3. The summed E-state index contributed by atoms with van der Waals surface area (Å²) in [7, 11) is 0. The number of halogens is 3. The molecule has 0 aliphatic rings. The number of hydrogen-bond acceptors (Lipinski definition) is 5. The number of carbonyl (C=O) groups is 2. The fourth-order valence-corrected chi connectivity index (χ4v) is 1.77. The molecule has 0 atom stereocenters. The number of hydrogen-bond donors (Lipinski definition) is 1. The predicted octanol–water partition coefficient (Wildman–Crippen LogP) is 2.92. The number of rotatable bonds is 4. The Morgan fingerprint density at radius 1 is 1.21 bits per heavy atom. The summed E-state index contributed by atoms with van der Waals surface area (Å²) in [4.78, 5) is 30.9. The Hall–Kier alpha value is -2.97. The van der Waals surface area contributed by atoms with Gasteiger partial charge in [-0.3, -0.25) is 14.8 Å². The van der Waals surface area contributed by atoms with Crippen LogP contribution in [0, 0.1) is 0 Å². The highest BCUT2D eigenvalue weighted by atomic mass is 19.4. The van der Waals surface area contributed by atoms with Crippen LogP contribution in [0.25, 0.3) is 0 Å². The van der Waals surface area contributed by atoms with Crippen molar-refractivity contribution in [2.75, 3.05) is 11.9 Å². The lowest BCUT2D eigenvalue weighted by molar-refractivity contribution is -0.141. The van der Waals surface area contributed by atoms with Crippen LogP contribution in [0.5, 0.6) is 0 Å². The van der Waals surface area contributed by atoms with E-state index in [-0.39, 0.29) is 23.4 Å². The molecule has 0 spiro atoms. The highest BCUT2D eigenvalue weighted by Crippen LogP contribution is 2.27. The molecular weight excluding hydrogens is 327 g/mol. The van der Waals surface area contributed by atoms with E-state index in [2.05, 4.69) is 15.3 Å². The van der Waals surface area contributed by atoms with Crippen LogP contribution in [0.2, 0.25) is 0 Å². The molecule has 24 heavy (non-hydrogen) atoms. The van der Waals surface area contributed by atoms with Gasteiger partial charge in [-0.1, -0.05) is 0 Å². The zero-order chi connectivity index (χ0) is 17.7. The smallest absolute Gasteiger partial charge is 0.433 e. The second-order valence-electron chi connectivity index (χ2n) is 4.53. The third kappa shape index (κ3) is 4.06. The zero-order valence-electron chi connectivity index (χ0n) is 12.4. The van der Waals surface area contributed by atoms with Crippen LogP contribution in [0.4, 0.5) is 18.9 Å². The number of carbonyl (C=O) groups excluding carboxylic acids is 2. The molecule has 1 amide bonds. The number of ether oxygens (including phenoxy) is 1. The lowest BCUT2D eigenvalue weighted by Gasteiger charge is -2.10. The highest BCUT2D eigenvalue weighted by Gasteiger charge is 2.32. The molecule has 0 bridgehead atoms. The molecule has 9 heteroatoms. The van der Waals surface area contributed by atoms with Gasteiger partial charge in [0, 0.05) is 18.6 Å². The van der Waals surface area contributed by atoms with E-state index in [4.69, 9.17) is 4.74 Å². The van der Waals surface area contributed by atoms with Gasteiger partial charge in [-0.2, -0.15) is 13.2 Å². The molecule has 0 aliphatic carbocycles. The summed E-state index contributed by atoms with van der Waals surface area (Å²) in [6.07, 6.45) is -1.21. The molecule has 2 heterocycles. The molecule has 1 N–H and O–H groups in total. The second kappa shape index (κ2) is 7.07. The van der Waals surface area contributed by atoms with E-state index in [0.717, 1.165) is 12.3 Å². The molecule has 6 nitrogen and oxygen atoms in total. The van der Waals surface area contributed by atoms with Crippen molar-refractivity contribution >= 4 is 17.6 Å². The number of amides is 1. The van der Waals surface area contributed by atoms with Gasteiger partial charge in [0.05, 0.1) is 17.9 Å². The van der Waals surface area contributed by atoms with Crippen molar-refractivity contribution in [3.63, 3.8) is 0 Å². The highest BCUT2D eigenvalue weighted by molar-refractivity contribution is 6.07. The second-order valence-corrected chi connectivity index (χ2v) is 4.53. The number of anilines is 1. The molecule has 2 rings (SSSR count). The number of aromatic nitrogens is 2. The summed E-state index contributed by atoms with van der Waals surface area (Å²) in [5.41, 5.74) is -1.02. The normalized spacial score (nSPS) is 11.0. The van der Waals surface area contributed by atoms with E-state index in [1.54, 1.807) is 6.92 Å².